The molecule has 3 rings (SSSR count). The normalized spacial score (nSPS) is 46.2. The van der Waals surface area contributed by atoms with E-state index in [0.29, 0.717) is 6.54 Å². The molecule has 0 aromatic heterocycles. The Balaban J connectivity index is 1.91. The Kier molecular flexibility index (Phi) is 12.6. The Morgan fingerprint density at radius 2 is 1.66 bits per heavy atom. The van der Waals surface area contributed by atoms with Crippen LogP contribution < -0.4 is 27.8 Å². The Morgan fingerprint density at radius 3 is 2.27 bits per heavy atom. The summed E-state index contributed by atoms with van der Waals surface area (Å²) in [7, 11) is 0. The van der Waals surface area contributed by atoms with Crippen LogP contribution in [0.4, 0.5) is 0 Å². The predicted molar refractivity (Wildman–Crippen MR) is 140 cm³/mol. The molecule has 0 spiro atoms. The zero-order chi connectivity index (χ0) is 30.6. The van der Waals surface area contributed by atoms with Crippen LogP contribution in [0.25, 0.3) is 0 Å². The minimum Gasteiger partial charge on any atom is -0.394 e. The molecule has 1 saturated carbocycles. The maximum absolute atomic E-state index is 12.7. The highest BCUT2D eigenvalue weighted by Crippen LogP contribution is 2.37. The van der Waals surface area contributed by atoms with Gasteiger partial charge in [-0.05, 0) is 25.9 Å². The SMILES string of the molecule is CCNC[C@H]1O[C@H](C2[C@@H](N)C[C@@H](NC(=O)[C@@H](O)CCN)[C@H](O[C@H]3O[C@H](CO)[C@@H](O)[C@H](N)[C@H]3O)[C@H]2O)[C@H](O)[C@@H](O)[C@@H]1O. The quantitative estimate of drug-likeness (QED) is 0.105. The molecule has 16 N–H and O–H groups in total. The van der Waals surface area contributed by atoms with Crippen molar-refractivity contribution in [3.8, 4) is 0 Å². The topological polar surface area (TPSA) is 309 Å². The molecule has 1 amide bonds. The van der Waals surface area contributed by atoms with Gasteiger partial charge in [0.2, 0.25) is 5.91 Å². The van der Waals surface area contributed by atoms with E-state index < -0.39 is 110 Å². The summed E-state index contributed by atoms with van der Waals surface area (Å²) in [6.45, 7) is 1.84. The van der Waals surface area contributed by atoms with E-state index in [-0.39, 0.29) is 25.9 Å². The fraction of sp³-hybridized carbons (Fsp3) is 0.958. The van der Waals surface area contributed by atoms with Crippen molar-refractivity contribution < 1.29 is 59.9 Å². The Hall–Kier alpha value is -1.13. The van der Waals surface area contributed by atoms with Crippen molar-refractivity contribution in [2.24, 2.45) is 23.1 Å². The zero-order valence-corrected chi connectivity index (χ0v) is 22.9. The molecule has 2 aliphatic heterocycles. The molecule has 16 atom stereocenters. The van der Waals surface area contributed by atoms with Crippen LogP contribution in [0.15, 0.2) is 0 Å². The number of likely N-dealkylation sites (N-methyl/N-ethyl adjacent to an activating group) is 1. The molecule has 0 aromatic carbocycles. The van der Waals surface area contributed by atoms with Crippen molar-refractivity contribution in [3.63, 3.8) is 0 Å². The lowest BCUT2D eigenvalue weighted by Gasteiger charge is -2.52. The van der Waals surface area contributed by atoms with Crippen molar-refractivity contribution in [2.45, 2.75) is 111 Å². The smallest absolute Gasteiger partial charge is 0.249 e. The summed E-state index contributed by atoms with van der Waals surface area (Å²) >= 11 is 0. The second kappa shape index (κ2) is 15.0. The molecule has 0 aromatic rings. The maximum Gasteiger partial charge on any atom is 0.249 e. The van der Waals surface area contributed by atoms with Crippen molar-refractivity contribution >= 4 is 5.91 Å². The number of nitrogens with two attached hydrogens (primary N) is 3. The highest BCUT2D eigenvalue weighted by Gasteiger charge is 2.55. The third-order valence-electron chi connectivity index (χ3n) is 8.17. The van der Waals surface area contributed by atoms with E-state index in [1.54, 1.807) is 0 Å². The molecule has 3 aliphatic rings. The van der Waals surface area contributed by atoms with Crippen LogP contribution in [-0.2, 0) is 19.0 Å². The summed E-state index contributed by atoms with van der Waals surface area (Å²) in [4.78, 5) is 12.7. The lowest BCUT2D eigenvalue weighted by molar-refractivity contribution is -0.310. The first-order valence-electron chi connectivity index (χ1n) is 13.9. The van der Waals surface area contributed by atoms with Gasteiger partial charge in [0, 0.05) is 18.5 Å². The Morgan fingerprint density at radius 1 is 0.976 bits per heavy atom. The molecule has 1 aliphatic carbocycles. The lowest BCUT2D eigenvalue weighted by Crippen LogP contribution is -2.71. The predicted octanol–water partition coefficient (Wildman–Crippen LogP) is -7.50. The summed E-state index contributed by atoms with van der Waals surface area (Å²) in [5.41, 5.74) is 17.8. The number of ether oxygens (including phenoxy) is 3. The van der Waals surface area contributed by atoms with Gasteiger partial charge in [-0.1, -0.05) is 6.92 Å². The number of hydrogen-bond donors (Lipinski definition) is 13. The molecular weight excluding hydrogens is 550 g/mol. The van der Waals surface area contributed by atoms with Crippen LogP contribution in [0.1, 0.15) is 19.8 Å². The van der Waals surface area contributed by atoms with Crippen LogP contribution in [0, 0.1) is 5.92 Å². The minimum absolute atomic E-state index is 0.0212. The van der Waals surface area contributed by atoms with Gasteiger partial charge in [0.25, 0.3) is 0 Å². The third kappa shape index (κ3) is 7.51. The number of aliphatic hydroxyl groups is 8. The number of nitrogens with one attached hydrogen (secondary N) is 2. The molecule has 41 heavy (non-hydrogen) atoms. The maximum atomic E-state index is 12.7. The van der Waals surface area contributed by atoms with Crippen molar-refractivity contribution in [3.05, 3.63) is 0 Å². The van der Waals surface area contributed by atoms with Gasteiger partial charge >= 0.3 is 0 Å². The van der Waals surface area contributed by atoms with Crippen molar-refractivity contribution in [1.82, 2.24) is 10.6 Å². The van der Waals surface area contributed by atoms with E-state index in [9.17, 15) is 45.6 Å². The molecule has 17 nitrogen and oxygen atoms in total. The summed E-state index contributed by atoms with van der Waals surface area (Å²) < 4.78 is 17.4. The van der Waals surface area contributed by atoms with Gasteiger partial charge in [0.05, 0.1) is 37.0 Å². The van der Waals surface area contributed by atoms with Crippen molar-refractivity contribution in [2.75, 3.05) is 26.2 Å². The number of rotatable bonds is 11. The number of aliphatic hydroxyl groups excluding tert-OH is 8. The van der Waals surface area contributed by atoms with Gasteiger partial charge in [-0.25, -0.2) is 0 Å². The molecule has 0 radical (unpaired) electrons. The molecule has 1 unspecified atom stereocenters. The molecule has 2 saturated heterocycles. The van der Waals surface area contributed by atoms with E-state index in [2.05, 4.69) is 10.6 Å². The number of carbonyl (C=O) groups excluding carboxylic acids is 1. The van der Waals surface area contributed by atoms with Crippen LogP contribution in [-0.4, -0.2) is 165 Å². The number of hydrogen-bond acceptors (Lipinski definition) is 16. The van der Waals surface area contributed by atoms with Gasteiger partial charge in [-0.3, -0.25) is 4.79 Å². The van der Waals surface area contributed by atoms with Gasteiger partial charge in [-0.2, -0.15) is 0 Å². The average molecular weight is 598 g/mol. The van der Waals surface area contributed by atoms with Gasteiger partial charge in [0.1, 0.15) is 48.8 Å². The van der Waals surface area contributed by atoms with Crippen molar-refractivity contribution in [1.29, 1.82) is 0 Å². The Labute approximate surface area is 237 Å². The Bertz CT molecular complexity index is 832. The summed E-state index contributed by atoms with van der Waals surface area (Å²) in [6.07, 6.45) is -17.5. The summed E-state index contributed by atoms with van der Waals surface area (Å²) in [5, 5.41) is 89.6. The summed E-state index contributed by atoms with van der Waals surface area (Å²) in [6, 6.07) is -3.33. The van der Waals surface area contributed by atoms with E-state index in [1.165, 1.54) is 0 Å². The number of amides is 1. The fourth-order valence-electron chi connectivity index (χ4n) is 5.75. The fourth-order valence-corrected chi connectivity index (χ4v) is 5.75. The first-order valence-corrected chi connectivity index (χ1v) is 13.9. The number of carbonyl (C=O) groups is 1. The van der Waals surface area contributed by atoms with Gasteiger partial charge in [0.15, 0.2) is 6.29 Å². The highest BCUT2D eigenvalue weighted by molar-refractivity contribution is 5.80. The average Bonchev–Trinajstić information content (AvgIpc) is 2.94. The second-order valence-corrected chi connectivity index (χ2v) is 11.0. The van der Waals surface area contributed by atoms with Crippen LogP contribution in [0.3, 0.4) is 0 Å². The first kappa shape index (κ1) is 34.4. The molecule has 240 valence electrons. The molecular formula is C24H47N5O12. The standard InChI is InChI=1S/C24H47N5O12/c1-2-28-6-11-16(33)19(36)20(37)22(39-11)13-8(26)5-9(29-23(38)10(31)3-4-25)21(17(13)34)41-24-18(35)14(27)15(32)12(7-30)40-24/h8-22,24,28,30-37H,2-7,25-27H2,1H3,(H,29,38)/t8-,9+,10-,11+,12+,13?,14-,15+,16+,17-,18+,19-,20+,21-,22+,24+/m0/s1. The van der Waals surface area contributed by atoms with Crippen LogP contribution in [0.2, 0.25) is 0 Å². The lowest BCUT2D eigenvalue weighted by atomic mass is 9.72. The van der Waals surface area contributed by atoms with E-state index in [4.69, 9.17) is 31.4 Å². The molecule has 0 bridgehead atoms. The summed E-state index contributed by atoms with van der Waals surface area (Å²) in [5.74, 6) is -1.95. The van der Waals surface area contributed by atoms with E-state index in [0.717, 1.165) is 0 Å². The van der Waals surface area contributed by atoms with Crippen LogP contribution >= 0.6 is 0 Å². The van der Waals surface area contributed by atoms with E-state index >= 15 is 0 Å². The van der Waals surface area contributed by atoms with E-state index in [1.807, 2.05) is 6.92 Å². The van der Waals surface area contributed by atoms with Gasteiger partial charge < -0.3 is 82.9 Å². The first-order chi connectivity index (χ1) is 19.4. The zero-order valence-electron chi connectivity index (χ0n) is 22.9. The highest BCUT2D eigenvalue weighted by atomic mass is 16.7. The molecule has 17 heteroatoms. The largest absolute Gasteiger partial charge is 0.394 e. The third-order valence-corrected chi connectivity index (χ3v) is 8.17. The second-order valence-electron chi connectivity index (χ2n) is 11.0. The monoisotopic (exact) mass is 597 g/mol. The molecule has 3 fully saturated rings. The molecule has 2 heterocycles. The minimum atomic E-state index is -1.66. The van der Waals surface area contributed by atoms with Crippen LogP contribution in [0.5, 0.6) is 0 Å². The van der Waals surface area contributed by atoms with Gasteiger partial charge in [-0.15, -0.1) is 0 Å².